The Bertz CT molecular complexity index is 1610. The summed E-state index contributed by atoms with van der Waals surface area (Å²) in [6.45, 7) is 4.76. The van der Waals surface area contributed by atoms with Gasteiger partial charge in [0.1, 0.15) is 23.4 Å². The Morgan fingerprint density at radius 2 is 1.49 bits per heavy atom. The van der Waals surface area contributed by atoms with E-state index in [9.17, 15) is 13.2 Å². The van der Waals surface area contributed by atoms with Gasteiger partial charge in [0.05, 0.1) is 31.1 Å². The van der Waals surface area contributed by atoms with Crippen LogP contribution in [0.4, 0.5) is 4.79 Å². The summed E-state index contributed by atoms with van der Waals surface area (Å²) in [5.74, 6) is 1.57. The molecule has 0 aromatic heterocycles. The lowest BCUT2D eigenvalue weighted by Gasteiger charge is -2.38. The summed E-state index contributed by atoms with van der Waals surface area (Å²) in [7, 11) is -1.79. The molecule has 0 aliphatic carbocycles. The van der Waals surface area contributed by atoms with Crippen molar-refractivity contribution in [2.75, 3.05) is 39.5 Å². The molecule has 1 fully saturated rings. The van der Waals surface area contributed by atoms with Crippen LogP contribution in [-0.2, 0) is 10.0 Å². The molecule has 2 aliphatic rings. The second-order valence-corrected chi connectivity index (χ2v) is 13.6. The number of halogens is 2. The molecule has 2 heterocycles. The number of amidine groups is 1. The van der Waals surface area contributed by atoms with Crippen LogP contribution in [0, 0.1) is 0 Å². The van der Waals surface area contributed by atoms with Gasteiger partial charge in [-0.25, -0.2) is 13.2 Å². The number of hydrogen-bond donors (Lipinski definition) is 0. The standard InChI is InChI=1S/C31H34Cl2N4O5S/c1-20(2)42-27-19-25(41-3)13-14-26(27)30-34-28(21-5-9-23(32)10-6-21)29(22-7-11-24(33)12-8-22)37(30)31(38)35-15-17-36(18-16-35)43(4,39)40/h5-14,19-20,28-29H,15-18H2,1-4H3/t28-,29+/m0/s1. The summed E-state index contributed by atoms with van der Waals surface area (Å²) in [4.78, 5) is 23.2. The van der Waals surface area contributed by atoms with Gasteiger partial charge in [-0.3, -0.25) is 9.89 Å². The fourth-order valence-electron chi connectivity index (χ4n) is 5.38. The number of ether oxygens (including phenoxy) is 2. The molecule has 0 spiro atoms. The first-order chi connectivity index (χ1) is 20.5. The van der Waals surface area contributed by atoms with Crippen molar-refractivity contribution in [1.29, 1.82) is 0 Å². The van der Waals surface area contributed by atoms with Gasteiger partial charge in [-0.2, -0.15) is 4.31 Å². The van der Waals surface area contributed by atoms with Crippen molar-refractivity contribution in [2.24, 2.45) is 4.99 Å². The summed E-state index contributed by atoms with van der Waals surface area (Å²) >= 11 is 12.5. The number of urea groups is 1. The highest BCUT2D eigenvalue weighted by Crippen LogP contribution is 2.46. The first-order valence-corrected chi connectivity index (χ1v) is 16.5. The van der Waals surface area contributed by atoms with Crippen LogP contribution in [0.25, 0.3) is 0 Å². The first-order valence-electron chi connectivity index (χ1n) is 13.9. The number of carbonyl (C=O) groups is 1. The molecule has 2 aliphatic heterocycles. The largest absolute Gasteiger partial charge is 0.497 e. The number of hydrogen-bond acceptors (Lipinski definition) is 6. The van der Waals surface area contributed by atoms with Gasteiger partial charge in [0.2, 0.25) is 10.0 Å². The smallest absolute Gasteiger partial charge is 0.326 e. The maximum absolute atomic E-state index is 14.6. The number of amides is 2. The van der Waals surface area contributed by atoms with Gasteiger partial charge in [0.25, 0.3) is 0 Å². The van der Waals surface area contributed by atoms with E-state index in [1.54, 1.807) is 47.2 Å². The number of nitrogens with zero attached hydrogens (tertiary/aromatic N) is 4. The molecule has 0 bridgehead atoms. The third-order valence-corrected chi connectivity index (χ3v) is 9.27. The number of sulfonamides is 1. The first kappa shape index (κ1) is 31.1. The normalized spacial score (nSPS) is 19.5. The van der Waals surface area contributed by atoms with Gasteiger partial charge in [-0.1, -0.05) is 47.5 Å². The van der Waals surface area contributed by atoms with Crippen molar-refractivity contribution in [3.8, 4) is 11.5 Å². The summed E-state index contributed by atoms with van der Waals surface area (Å²) in [5, 5.41) is 1.16. The van der Waals surface area contributed by atoms with Crippen molar-refractivity contribution in [3.63, 3.8) is 0 Å². The quantitative estimate of drug-likeness (QED) is 0.313. The molecule has 43 heavy (non-hydrogen) atoms. The van der Waals surface area contributed by atoms with Crippen molar-refractivity contribution < 1.29 is 22.7 Å². The highest BCUT2D eigenvalue weighted by molar-refractivity contribution is 7.88. The van der Waals surface area contributed by atoms with E-state index in [0.717, 1.165) is 11.1 Å². The van der Waals surface area contributed by atoms with Crippen LogP contribution in [0.15, 0.2) is 71.7 Å². The Kier molecular flexibility index (Phi) is 9.22. The molecule has 1 saturated heterocycles. The second-order valence-electron chi connectivity index (χ2n) is 10.8. The van der Waals surface area contributed by atoms with Crippen LogP contribution in [0.2, 0.25) is 10.0 Å². The number of piperazine rings is 1. The van der Waals surface area contributed by atoms with E-state index in [2.05, 4.69) is 0 Å². The van der Waals surface area contributed by atoms with Gasteiger partial charge in [-0.05, 0) is 61.4 Å². The minimum Gasteiger partial charge on any atom is -0.497 e. The zero-order valence-electron chi connectivity index (χ0n) is 24.4. The molecule has 12 heteroatoms. The average molecular weight is 646 g/mol. The van der Waals surface area contributed by atoms with Crippen LogP contribution in [0.5, 0.6) is 11.5 Å². The third-order valence-electron chi connectivity index (χ3n) is 7.47. The Morgan fingerprint density at radius 1 is 0.907 bits per heavy atom. The molecule has 228 valence electrons. The summed E-state index contributed by atoms with van der Waals surface area (Å²) in [6, 6.07) is 19.0. The van der Waals surface area contributed by atoms with Crippen molar-refractivity contribution in [1.82, 2.24) is 14.1 Å². The topological polar surface area (TPSA) is 91.8 Å². The Labute approximate surface area is 262 Å². The number of methoxy groups -OCH3 is 1. The van der Waals surface area contributed by atoms with E-state index in [1.807, 2.05) is 50.2 Å². The third kappa shape index (κ3) is 6.77. The molecule has 0 radical (unpaired) electrons. The minimum atomic E-state index is -3.37. The Balaban J connectivity index is 1.66. The SMILES string of the molecule is COc1ccc(C2=N[C@@H](c3ccc(Cl)cc3)[C@@H](c3ccc(Cl)cc3)N2C(=O)N2CCN(S(C)(=O)=O)CC2)c(OC(C)C)c1. The lowest BCUT2D eigenvalue weighted by atomic mass is 9.93. The zero-order chi connectivity index (χ0) is 30.9. The number of carbonyl (C=O) groups excluding carboxylic acids is 1. The van der Waals surface area contributed by atoms with E-state index >= 15 is 0 Å². The molecule has 0 unspecified atom stereocenters. The highest BCUT2D eigenvalue weighted by atomic mass is 35.5. The van der Waals surface area contributed by atoms with Crippen molar-refractivity contribution >= 4 is 45.1 Å². The molecule has 9 nitrogen and oxygen atoms in total. The van der Waals surface area contributed by atoms with E-state index in [0.29, 0.717) is 32.9 Å². The van der Waals surface area contributed by atoms with Gasteiger partial charge >= 0.3 is 6.03 Å². The van der Waals surface area contributed by atoms with Crippen LogP contribution >= 0.6 is 23.2 Å². The Hall–Kier alpha value is -3.31. The molecular formula is C31H34Cl2N4O5S. The molecule has 0 saturated carbocycles. The zero-order valence-corrected chi connectivity index (χ0v) is 26.7. The predicted molar refractivity (Wildman–Crippen MR) is 169 cm³/mol. The van der Waals surface area contributed by atoms with Gasteiger partial charge < -0.3 is 14.4 Å². The maximum atomic E-state index is 14.6. The predicted octanol–water partition coefficient (Wildman–Crippen LogP) is 6.03. The molecule has 3 aromatic rings. The summed E-state index contributed by atoms with van der Waals surface area (Å²) in [6.07, 6.45) is 1.03. The van der Waals surface area contributed by atoms with E-state index < -0.39 is 22.1 Å². The summed E-state index contributed by atoms with van der Waals surface area (Å²) in [5.41, 5.74) is 2.35. The maximum Gasteiger partial charge on any atom is 0.326 e. The van der Waals surface area contributed by atoms with Crippen LogP contribution in [0.3, 0.4) is 0 Å². The average Bonchev–Trinajstić information content (AvgIpc) is 3.37. The van der Waals surface area contributed by atoms with Gasteiger partial charge in [0.15, 0.2) is 0 Å². The monoisotopic (exact) mass is 644 g/mol. The number of rotatable bonds is 7. The molecular weight excluding hydrogens is 611 g/mol. The Morgan fingerprint density at radius 3 is 2.02 bits per heavy atom. The van der Waals surface area contributed by atoms with E-state index in [1.165, 1.54) is 10.6 Å². The van der Waals surface area contributed by atoms with Crippen molar-refractivity contribution in [2.45, 2.75) is 32.0 Å². The molecule has 3 aromatic carbocycles. The van der Waals surface area contributed by atoms with E-state index in [4.69, 9.17) is 37.7 Å². The molecule has 0 N–H and O–H groups in total. The molecule has 2 amide bonds. The fourth-order valence-corrected chi connectivity index (χ4v) is 6.46. The lowest BCUT2D eigenvalue weighted by molar-refractivity contribution is 0.143. The van der Waals surface area contributed by atoms with Crippen molar-refractivity contribution in [3.05, 3.63) is 93.5 Å². The van der Waals surface area contributed by atoms with Crippen LogP contribution in [0.1, 0.15) is 42.6 Å². The minimum absolute atomic E-state index is 0.153. The number of benzene rings is 3. The van der Waals surface area contributed by atoms with E-state index in [-0.39, 0.29) is 38.3 Å². The number of aliphatic imine (C=N–C) groups is 1. The second kappa shape index (κ2) is 12.7. The fraction of sp³-hybridized carbons (Fsp3) is 0.355. The van der Waals surface area contributed by atoms with Crippen LogP contribution < -0.4 is 9.47 Å². The lowest BCUT2D eigenvalue weighted by Crippen LogP contribution is -2.55. The highest BCUT2D eigenvalue weighted by Gasteiger charge is 2.45. The molecule has 5 rings (SSSR count). The van der Waals surface area contributed by atoms with Gasteiger partial charge in [-0.15, -0.1) is 0 Å². The van der Waals surface area contributed by atoms with Gasteiger partial charge in [0, 0.05) is 42.3 Å². The molecule has 2 atom stereocenters. The van der Waals surface area contributed by atoms with Crippen LogP contribution in [-0.4, -0.2) is 80.0 Å². The summed E-state index contributed by atoms with van der Waals surface area (Å²) < 4.78 is 37.4.